The molecule has 0 bridgehead atoms. The number of carbonyl (C=O) groups excluding carboxylic acids is 1. The predicted molar refractivity (Wildman–Crippen MR) is 94.3 cm³/mol. The van der Waals surface area contributed by atoms with Crippen LogP contribution in [-0.2, 0) is 13.0 Å². The molecule has 1 atom stereocenters. The molecule has 0 radical (unpaired) electrons. The third-order valence-corrected chi connectivity index (χ3v) is 4.12. The number of ether oxygens (including phenoxy) is 3. The molecule has 0 saturated carbocycles. The first-order valence-corrected chi connectivity index (χ1v) is 8.15. The van der Waals surface area contributed by atoms with E-state index < -0.39 is 0 Å². The number of carbonyl (C=O) groups is 1. The first-order chi connectivity index (χ1) is 12.2. The van der Waals surface area contributed by atoms with E-state index in [0.29, 0.717) is 19.6 Å². The van der Waals surface area contributed by atoms with Gasteiger partial charge < -0.3 is 24.8 Å². The minimum absolute atomic E-state index is 0.0736. The maximum Gasteiger partial charge on any atom is 0.315 e. The lowest BCUT2D eigenvalue weighted by molar-refractivity contribution is 0.214. The lowest BCUT2D eigenvalue weighted by Gasteiger charge is -2.26. The van der Waals surface area contributed by atoms with Crippen LogP contribution in [-0.4, -0.2) is 32.9 Å². The van der Waals surface area contributed by atoms with Crippen LogP contribution < -0.4 is 24.8 Å². The number of benzene rings is 2. The second-order valence-corrected chi connectivity index (χ2v) is 5.86. The minimum atomic E-state index is -0.212. The largest absolute Gasteiger partial charge is 0.497 e. The Balaban J connectivity index is 1.51. The Morgan fingerprint density at radius 2 is 1.84 bits per heavy atom. The summed E-state index contributed by atoms with van der Waals surface area (Å²) in [5.41, 5.74) is 2.04. The molecule has 1 heterocycles. The summed E-state index contributed by atoms with van der Waals surface area (Å²) in [5, 5.41) is 5.81. The fourth-order valence-corrected chi connectivity index (χ4v) is 2.75. The summed E-state index contributed by atoms with van der Waals surface area (Å²) in [6.45, 7) is 0.906. The summed E-state index contributed by atoms with van der Waals surface area (Å²) in [5.74, 6) is 2.42. The highest BCUT2D eigenvalue weighted by Crippen LogP contribution is 2.28. The molecule has 2 aromatic carbocycles. The average molecular weight is 342 g/mol. The summed E-state index contributed by atoms with van der Waals surface area (Å²) in [6, 6.07) is 13.0. The number of urea groups is 1. The van der Waals surface area contributed by atoms with Crippen LogP contribution >= 0.6 is 0 Å². The molecule has 3 rings (SSSR count). The van der Waals surface area contributed by atoms with Gasteiger partial charge in [0.15, 0.2) is 0 Å². The van der Waals surface area contributed by atoms with Gasteiger partial charge in [0.05, 0.1) is 20.3 Å². The standard InChI is InChI=1S/C19H22N2O4/c1-23-16-5-3-13(4-6-16)11-20-19(22)21-15-9-14-10-17(24-2)7-8-18(14)25-12-15/h3-8,10,15H,9,11-12H2,1-2H3,(H2,20,21,22)/t15-/m0/s1. The Kier molecular flexibility index (Phi) is 5.28. The van der Waals surface area contributed by atoms with Crippen LogP contribution in [0.25, 0.3) is 0 Å². The molecule has 2 amide bonds. The second kappa shape index (κ2) is 7.79. The van der Waals surface area contributed by atoms with Gasteiger partial charge in [-0.15, -0.1) is 0 Å². The molecule has 6 heteroatoms. The fourth-order valence-electron chi connectivity index (χ4n) is 2.75. The van der Waals surface area contributed by atoms with Gasteiger partial charge in [-0.05, 0) is 47.9 Å². The van der Waals surface area contributed by atoms with Crippen molar-refractivity contribution >= 4 is 6.03 Å². The highest BCUT2D eigenvalue weighted by molar-refractivity contribution is 5.74. The number of nitrogens with one attached hydrogen (secondary N) is 2. The van der Waals surface area contributed by atoms with Crippen LogP contribution in [0.4, 0.5) is 4.79 Å². The summed E-state index contributed by atoms with van der Waals surface area (Å²) >= 11 is 0. The number of methoxy groups -OCH3 is 2. The molecule has 25 heavy (non-hydrogen) atoms. The Hall–Kier alpha value is -2.89. The van der Waals surface area contributed by atoms with E-state index in [1.54, 1.807) is 14.2 Å². The first-order valence-electron chi connectivity index (χ1n) is 8.15. The molecule has 0 aromatic heterocycles. The van der Waals surface area contributed by atoms with Crippen molar-refractivity contribution in [2.45, 2.75) is 19.0 Å². The molecule has 0 fully saturated rings. The van der Waals surface area contributed by atoms with Crippen molar-refractivity contribution in [3.8, 4) is 17.2 Å². The third-order valence-electron chi connectivity index (χ3n) is 4.12. The van der Waals surface area contributed by atoms with Gasteiger partial charge in [-0.3, -0.25) is 0 Å². The van der Waals surface area contributed by atoms with E-state index in [-0.39, 0.29) is 12.1 Å². The maximum absolute atomic E-state index is 12.1. The molecule has 2 aromatic rings. The predicted octanol–water partition coefficient (Wildman–Crippen LogP) is 2.51. The van der Waals surface area contributed by atoms with Crippen LogP contribution in [0.15, 0.2) is 42.5 Å². The normalized spacial score (nSPS) is 15.5. The van der Waals surface area contributed by atoms with Crippen LogP contribution in [0.1, 0.15) is 11.1 Å². The van der Waals surface area contributed by atoms with Gasteiger partial charge in [0.2, 0.25) is 0 Å². The van der Waals surface area contributed by atoms with Gasteiger partial charge >= 0.3 is 6.03 Å². The Labute approximate surface area is 147 Å². The number of hydrogen-bond acceptors (Lipinski definition) is 4. The minimum Gasteiger partial charge on any atom is -0.497 e. The quantitative estimate of drug-likeness (QED) is 0.876. The molecule has 0 unspecified atom stereocenters. The molecule has 0 saturated heterocycles. The van der Waals surface area contributed by atoms with Gasteiger partial charge in [0, 0.05) is 6.54 Å². The van der Waals surface area contributed by atoms with Crippen molar-refractivity contribution in [3.05, 3.63) is 53.6 Å². The van der Waals surface area contributed by atoms with Crippen molar-refractivity contribution < 1.29 is 19.0 Å². The zero-order chi connectivity index (χ0) is 17.6. The highest BCUT2D eigenvalue weighted by Gasteiger charge is 2.21. The Morgan fingerprint density at radius 1 is 1.12 bits per heavy atom. The van der Waals surface area contributed by atoms with E-state index in [4.69, 9.17) is 14.2 Å². The van der Waals surface area contributed by atoms with Gasteiger partial charge in [0.25, 0.3) is 0 Å². The van der Waals surface area contributed by atoms with Crippen molar-refractivity contribution in [2.75, 3.05) is 20.8 Å². The zero-order valence-corrected chi connectivity index (χ0v) is 14.4. The fraction of sp³-hybridized carbons (Fsp3) is 0.316. The lowest BCUT2D eigenvalue weighted by atomic mass is 10.0. The van der Waals surface area contributed by atoms with Crippen LogP contribution in [0.5, 0.6) is 17.2 Å². The molecule has 2 N–H and O–H groups in total. The molecular weight excluding hydrogens is 320 g/mol. The van der Waals surface area contributed by atoms with Crippen LogP contribution in [0.2, 0.25) is 0 Å². The monoisotopic (exact) mass is 342 g/mol. The third kappa shape index (κ3) is 4.35. The van der Waals surface area contributed by atoms with E-state index in [1.807, 2.05) is 42.5 Å². The summed E-state index contributed by atoms with van der Waals surface area (Å²) in [4.78, 5) is 12.1. The van der Waals surface area contributed by atoms with Gasteiger partial charge in [-0.25, -0.2) is 4.79 Å². The molecular formula is C19H22N2O4. The second-order valence-electron chi connectivity index (χ2n) is 5.86. The zero-order valence-electron chi connectivity index (χ0n) is 14.4. The molecule has 1 aliphatic heterocycles. The number of fused-ring (bicyclic) bond motifs is 1. The van der Waals surface area contributed by atoms with E-state index in [0.717, 1.165) is 28.4 Å². The molecule has 132 valence electrons. The van der Waals surface area contributed by atoms with Crippen LogP contribution in [0, 0.1) is 0 Å². The van der Waals surface area contributed by atoms with Crippen molar-refractivity contribution in [1.82, 2.24) is 10.6 Å². The lowest BCUT2D eigenvalue weighted by Crippen LogP contribution is -2.47. The van der Waals surface area contributed by atoms with E-state index in [1.165, 1.54) is 0 Å². The first kappa shape index (κ1) is 17.0. The molecule has 6 nitrogen and oxygen atoms in total. The van der Waals surface area contributed by atoms with Gasteiger partial charge in [-0.1, -0.05) is 12.1 Å². The van der Waals surface area contributed by atoms with E-state index >= 15 is 0 Å². The van der Waals surface area contributed by atoms with E-state index in [2.05, 4.69) is 10.6 Å². The van der Waals surface area contributed by atoms with Crippen molar-refractivity contribution in [1.29, 1.82) is 0 Å². The summed E-state index contributed by atoms with van der Waals surface area (Å²) < 4.78 is 16.1. The number of rotatable bonds is 5. The maximum atomic E-state index is 12.1. The van der Waals surface area contributed by atoms with Crippen molar-refractivity contribution in [3.63, 3.8) is 0 Å². The Bertz CT molecular complexity index is 731. The SMILES string of the molecule is COc1ccc(CNC(=O)N[C@@H]2COc3ccc(OC)cc3C2)cc1. The summed E-state index contributed by atoms with van der Waals surface area (Å²) in [6.07, 6.45) is 0.711. The van der Waals surface area contributed by atoms with E-state index in [9.17, 15) is 4.79 Å². The topological polar surface area (TPSA) is 68.8 Å². The van der Waals surface area contributed by atoms with Gasteiger partial charge in [0.1, 0.15) is 23.9 Å². The highest BCUT2D eigenvalue weighted by atomic mass is 16.5. The van der Waals surface area contributed by atoms with Crippen molar-refractivity contribution in [2.24, 2.45) is 0 Å². The Morgan fingerprint density at radius 3 is 2.56 bits per heavy atom. The number of amides is 2. The van der Waals surface area contributed by atoms with Crippen LogP contribution in [0.3, 0.4) is 0 Å². The van der Waals surface area contributed by atoms with Gasteiger partial charge in [-0.2, -0.15) is 0 Å². The molecule has 0 spiro atoms. The smallest absolute Gasteiger partial charge is 0.315 e. The number of hydrogen-bond donors (Lipinski definition) is 2. The average Bonchev–Trinajstić information content (AvgIpc) is 2.66. The molecule has 1 aliphatic rings. The molecule has 0 aliphatic carbocycles. The summed E-state index contributed by atoms with van der Waals surface area (Å²) in [7, 11) is 3.26.